The number of thioether (sulfide) groups is 1. The van der Waals surface area contributed by atoms with Crippen molar-refractivity contribution in [3.8, 4) is 0 Å². The van der Waals surface area contributed by atoms with Crippen LogP contribution in [0.2, 0.25) is 0 Å². The molecule has 0 aliphatic carbocycles. The Labute approximate surface area is 124 Å². The fraction of sp³-hybridized carbons (Fsp3) is 0.412. The fourth-order valence-electron chi connectivity index (χ4n) is 2.71. The lowest BCUT2D eigenvalue weighted by Crippen LogP contribution is -2.35. The van der Waals surface area contributed by atoms with Gasteiger partial charge < -0.3 is 10.4 Å². The molecule has 0 bridgehead atoms. The molecule has 1 aliphatic heterocycles. The van der Waals surface area contributed by atoms with Crippen LogP contribution in [0.5, 0.6) is 0 Å². The Morgan fingerprint density at radius 1 is 1.10 bits per heavy atom. The zero-order valence-corrected chi connectivity index (χ0v) is 12.4. The van der Waals surface area contributed by atoms with Crippen molar-refractivity contribution in [3.05, 3.63) is 48.0 Å². The van der Waals surface area contributed by atoms with E-state index in [1.54, 1.807) is 0 Å². The predicted molar refractivity (Wildman–Crippen MR) is 87.3 cm³/mol. The highest BCUT2D eigenvalue weighted by atomic mass is 32.2. The number of hydrogen-bond acceptors (Lipinski definition) is 3. The van der Waals surface area contributed by atoms with E-state index in [-0.39, 0.29) is 0 Å². The van der Waals surface area contributed by atoms with Crippen LogP contribution < -0.4 is 5.32 Å². The van der Waals surface area contributed by atoms with Crippen LogP contribution in [0.4, 0.5) is 0 Å². The molecule has 3 rings (SSSR count). The molecule has 0 radical (unpaired) electrons. The SMILES string of the molecule is OC(CNC1CCSCC1)c1ccc2ccccc2c1. The molecule has 2 N–H and O–H groups in total. The lowest BCUT2D eigenvalue weighted by atomic mass is 10.0. The van der Waals surface area contributed by atoms with Crippen molar-refractivity contribution in [2.24, 2.45) is 0 Å². The molecule has 1 fully saturated rings. The van der Waals surface area contributed by atoms with Gasteiger partial charge in [-0.1, -0.05) is 36.4 Å². The second kappa shape index (κ2) is 6.61. The smallest absolute Gasteiger partial charge is 0.0914 e. The Morgan fingerprint density at radius 2 is 1.85 bits per heavy atom. The largest absolute Gasteiger partial charge is 0.387 e. The Kier molecular flexibility index (Phi) is 4.61. The zero-order chi connectivity index (χ0) is 13.8. The van der Waals surface area contributed by atoms with Crippen LogP contribution in [-0.4, -0.2) is 29.2 Å². The third kappa shape index (κ3) is 3.35. The monoisotopic (exact) mass is 287 g/mol. The summed E-state index contributed by atoms with van der Waals surface area (Å²) in [5.74, 6) is 2.48. The van der Waals surface area contributed by atoms with E-state index in [0.717, 1.165) is 5.56 Å². The van der Waals surface area contributed by atoms with Gasteiger partial charge in [0.25, 0.3) is 0 Å². The lowest BCUT2D eigenvalue weighted by Gasteiger charge is -2.24. The van der Waals surface area contributed by atoms with E-state index in [2.05, 4.69) is 29.6 Å². The van der Waals surface area contributed by atoms with Gasteiger partial charge in [0.2, 0.25) is 0 Å². The molecule has 0 saturated carbocycles. The number of aliphatic hydroxyl groups is 1. The third-order valence-electron chi connectivity index (χ3n) is 3.98. The van der Waals surface area contributed by atoms with Gasteiger partial charge in [0.1, 0.15) is 0 Å². The zero-order valence-electron chi connectivity index (χ0n) is 11.6. The first-order valence-corrected chi connectivity index (χ1v) is 8.46. The first-order chi connectivity index (χ1) is 9.83. The van der Waals surface area contributed by atoms with Gasteiger partial charge in [-0.25, -0.2) is 0 Å². The molecule has 20 heavy (non-hydrogen) atoms. The van der Waals surface area contributed by atoms with Gasteiger partial charge in [-0.3, -0.25) is 0 Å². The van der Waals surface area contributed by atoms with Crippen LogP contribution in [0.1, 0.15) is 24.5 Å². The van der Waals surface area contributed by atoms with Crippen LogP contribution >= 0.6 is 11.8 Å². The van der Waals surface area contributed by atoms with Crippen LogP contribution in [0.15, 0.2) is 42.5 Å². The first-order valence-electron chi connectivity index (χ1n) is 7.31. The van der Waals surface area contributed by atoms with Crippen molar-refractivity contribution in [3.63, 3.8) is 0 Å². The first kappa shape index (κ1) is 13.9. The van der Waals surface area contributed by atoms with Crippen molar-refractivity contribution >= 4 is 22.5 Å². The summed E-state index contributed by atoms with van der Waals surface area (Å²) in [7, 11) is 0. The van der Waals surface area contributed by atoms with Gasteiger partial charge >= 0.3 is 0 Å². The summed E-state index contributed by atoms with van der Waals surface area (Å²) in [6, 6.07) is 15.1. The fourth-order valence-corrected chi connectivity index (χ4v) is 3.82. The molecule has 3 heteroatoms. The number of fused-ring (bicyclic) bond motifs is 1. The number of nitrogens with one attached hydrogen (secondary N) is 1. The molecule has 2 nitrogen and oxygen atoms in total. The standard InChI is InChI=1S/C17H21NOS/c19-17(12-18-16-7-9-20-10-8-16)15-6-5-13-3-1-2-4-14(13)11-15/h1-6,11,16-19H,7-10,12H2. The van der Waals surface area contributed by atoms with Crippen molar-refractivity contribution in [2.75, 3.05) is 18.1 Å². The molecule has 1 unspecified atom stereocenters. The predicted octanol–water partition coefficient (Wildman–Crippen LogP) is 3.36. The second-order valence-electron chi connectivity index (χ2n) is 5.42. The van der Waals surface area contributed by atoms with Crippen LogP contribution in [0.25, 0.3) is 10.8 Å². The summed E-state index contributed by atoms with van der Waals surface area (Å²) in [6.07, 6.45) is 2.01. The third-order valence-corrected chi connectivity index (χ3v) is 5.03. The van der Waals surface area contributed by atoms with Gasteiger partial charge in [-0.05, 0) is 46.7 Å². The van der Waals surface area contributed by atoms with Crippen LogP contribution in [0.3, 0.4) is 0 Å². The van der Waals surface area contributed by atoms with Gasteiger partial charge in [0.15, 0.2) is 0 Å². The molecule has 1 saturated heterocycles. The molecule has 106 valence electrons. The van der Waals surface area contributed by atoms with Gasteiger partial charge in [0.05, 0.1) is 6.10 Å². The maximum Gasteiger partial charge on any atom is 0.0914 e. The molecular weight excluding hydrogens is 266 g/mol. The average molecular weight is 287 g/mol. The summed E-state index contributed by atoms with van der Waals surface area (Å²) >= 11 is 2.03. The minimum absolute atomic E-state index is 0.422. The maximum absolute atomic E-state index is 10.3. The topological polar surface area (TPSA) is 32.3 Å². The highest BCUT2D eigenvalue weighted by Gasteiger charge is 2.15. The van der Waals surface area contributed by atoms with E-state index in [1.807, 2.05) is 30.0 Å². The van der Waals surface area contributed by atoms with Crippen molar-refractivity contribution in [1.82, 2.24) is 5.32 Å². The summed E-state index contributed by atoms with van der Waals surface area (Å²) in [5.41, 5.74) is 1.00. The molecular formula is C17H21NOS. The van der Waals surface area contributed by atoms with Gasteiger partial charge in [-0.2, -0.15) is 11.8 Å². The number of benzene rings is 2. The normalized spacial score (nSPS) is 18.2. The molecule has 2 aromatic carbocycles. The van der Waals surface area contributed by atoms with Gasteiger partial charge in [0, 0.05) is 12.6 Å². The minimum Gasteiger partial charge on any atom is -0.387 e. The highest BCUT2D eigenvalue weighted by Crippen LogP contribution is 2.21. The average Bonchev–Trinajstić information content (AvgIpc) is 2.53. The summed E-state index contributed by atoms with van der Waals surface area (Å²) in [6.45, 7) is 0.647. The van der Waals surface area contributed by atoms with E-state index in [0.29, 0.717) is 12.6 Å². The molecule has 0 spiro atoms. The van der Waals surface area contributed by atoms with E-state index < -0.39 is 6.10 Å². The number of aliphatic hydroxyl groups excluding tert-OH is 1. The second-order valence-corrected chi connectivity index (χ2v) is 6.64. The molecule has 2 aromatic rings. The highest BCUT2D eigenvalue weighted by molar-refractivity contribution is 7.99. The molecule has 0 amide bonds. The molecule has 1 heterocycles. The van der Waals surface area contributed by atoms with E-state index >= 15 is 0 Å². The number of hydrogen-bond donors (Lipinski definition) is 2. The summed E-state index contributed by atoms with van der Waals surface area (Å²) in [5, 5.41) is 16.3. The molecule has 1 atom stereocenters. The Hall–Kier alpha value is -1.03. The van der Waals surface area contributed by atoms with Crippen molar-refractivity contribution < 1.29 is 5.11 Å². The van der Waals surface area contributed by atoms with Crippen LogP contribution in [-0.2, 0) is 0 Å². The maximum atomic E-state index is 10.3. The Bertz CT molecular complexity index is 566. The quantitative estimate of drug-likeness (QED) is 0.904. The Balaban J connectivity index is 1.64. The summed E-state index contributed by atoms with van der Waals surface area (Å²) < 4.78 is 0. The van der Waals surface area contributed by atoms with E-state index in [1.165, 1.54) is 35.1 Å². The Morgan fingerprint density at radius 3 is 2.65 bits per heavy atom. The van der Waals surface area contributed by atoms with Crippen molar-refractivity contribution in [1.29, 1.82) is 0 Å². The van der Waals surface area contributed by atoms with Gasteiger partial charge in [-0.15, -0.1) is 0 Å². The number of rotatable bonds is 4. The molecule has 0 aromatic heterocycles. The van der Waals surface area contributed by atoms with E-state index in [4.69, 9.17) is 0 Å². The lowest BCUT2D eigenvalue weighted by molar-refractivity contribution is 0.169. The van der Waals surface area contributed by atoms with Crippen molar-refractivity contribution in [2.45, 2.75) is 25.0 Å². The van der Waals surface area contributed by atoms with E-state index in [9.17, 15) is 5.11 Å². The van der Waals surface area contributed by atoms with Crippen LogP contribution in [0, 0.1) is 0 Å². The summed E-state index contributed by atoms with van der Waals surface area (Å²) in [4.78, 5) is 0. The minimum atomic E-state index is -0.422. The molecule has 1 aliphatic rings.